The molecule has 0 bridgehead atoms. The fourth-order valence-electron chi connectivity index (χ4n) is 4.34. The largest absolute Gasteiger partial charge is 0.377 e. The lowest BCUT2D eigenvalue weighted by atomic mass is 10.1. The molecule has 5 aromatic rings. The zero-order valence-electron chi connectivity index (χ0n) is 21.3. The van der Waals surface area contributed by atoms with E-state index in [-0.39, 0.29) is 5.91 Å². The first-order valence-electron chi connectivity index (χ1n) is 11.8. The third-order valence-corrected chi connectivity index (χ3v) is 6.36. The van der Waals surface area contributed by atoms with Gasteiger partial charge in [-0.3, -0.25) is 19.2 Å². The van der Waals surface area contributed by atoms with Crippen LogP contribution in [-0.2, 0) is 6.54 Å². The van der Waals surface area contributed by atoms with Crippen LogP contribution in [0.3, 0.4) is 0 Å². The van der Waals surface area contributed by atoms with Crippen LogP contribution in [0.2, 0.25) is 0 Å². The van der Waals surface area contributed by atoms with Crippen molar-refractivity contribution in [1.82, 2.24) is 34.6 Å². The van der Waals surface area contributed by atoms with Crippen molar-refractivity contribution >= 4 is 17.2 Å². The summed E-state index contributed by atoms with van der Waals surface area (Å²) >= 11 is 0. The molecule has 0 aliphatic heterocycles. The Morgan fingerprint density at radius 1 is 1.14 bits per heavy atom. The van der Waals surface area contributed by atoms with Crippen LogP contribution in [0.1, 0.15) is 33.3 Å². The molecule has 1 atom stereocenters. The number of imidazole rings is 1. The fraction of sp³-hybridized carbons (Fsp3) is 0.269. The number of aryl methyl sites for hydroxylation is 3. The van der Waals surface area contributed by atoms with E-state index in [1.807, 2.05) is 57.3 Å². The summed E-state index contributed by atoms with van der Waals surface area (Å²) in [5.41, 5.74) is 6.91. The number of amides is 1. The summed E-state index contributed by atoms with van der Waals surface area (Å²) in [7, 11) is 1.70. The highest BCUT2D eigenvalue weighted by molar-refractivity contribution is 6.04. The van der Waals surface area contributed by atoms with Crippen LogP contribution in [0.5, 0.6) is 0 Å². The number of rotatable bonds is 7. The minimum absolute atomic E-state index is 0.296. The van der Waals surface area contributed by atoms with E-state index in [9.17, 15) is 9.90 Å². The summed E-state index contributed by atoms with van der Waals surface area (Å²) in [6, 6.07) is 9.44. The Bertz CT molecular complexity index is 1610. The first-order chi connectivity index (χ1) is 17.7. The number of nitrogens with one attached hydrogen (secondary N) is 2. The molecule has 11 nitrogen and oxygen atoms in total. The number of hydrogen-bond donors (Lipinski definition) is 3. The summed E-state index contributed by atoms with van der Waals surface area (Å²) in [6.07, 6.45) is 2.74. The van der Waals surface area contributed by atoms with Gasteiger partial charge >= 0.3 is 0 Å². The predicted molar refractivity (Wildman–Crippen MR) is 138 cm³/mol. The van der Waals surface area contributed by atoms with Gasteiger partial charge in [-0.25, -0.2) is 4.98 Å². The number of likely N-dealkylation sites (N-methyl/N-ethyl adjacent to an activating group) is 1. The molecule has 4 aromatic heterocycles. The quantitative estimate of drug-likeness (QED) is 0.290. The molecule has 0 saturated heterocycles. The lowest BCUT2D eigenvalue weighted by Gasteiger charge is -2.11. The van der Waals surface area contributed by atoms with Crippen molar-refractivity contribution in [1.29, 1.82) is 0 Å². The van der Waals surface area contributed by atoms with Gasteiger partial charge in [0.1, 0.15) is 17.6 Å². The van der Waals surface area contributed by atoms with E-state index in [1.54, 1.807) is 29.3 Å². The van der Waals surface area contributed by atoms with Crippen LogP contribution in [0.4, 0.5) is 5.69 Å². The number of pyridine rings is 1. The highest BCUT2D eigenvalue weighted by atomic mass is 16.5. The van der Waals surface area contributed by atoms with Gasteiger partial charge in [0.25, 0.3) is 5.91 Å². The minimum Gasteiger partial charge on any atom is -0.377 e. The number of aromatic nitrogens is 6. The Hall–Kier alpha value is -4.35. The highest BCUT2D eigenvalue weighted by Gasteiger charge is 2.19. The summed E-state index contributed by atoms with van der Waals surface area (Å²) in [4.78, 5) is 22.0. The number of benzene rings is 1. The van der Waals surface area contributed by atoms with Gasteiger partial charge in [-0.2, -0.15) is 10.1 Å². The predicted octanol–water partition coefficient (Wildman–Crippen LogP) is 3.27. The van der Waals surface area contributed by atoms with Gasteiger partial charge < -0.3 is 14.9 Å². The molecule has 1 aromatic carbocycles. The normalized spacial score (nSPS) is 12.3. The maximum atomic E-state index is 13.4. The van der Waals surface area contributed by atoms with E-state index in [1.165, 1.54) is 0 Å². The van der Waals surface area contributed by atoms with Gasteiger partial charge in [0.05, 0.1) is 18.4 Å². The Kier molecular flexibility index (Phi) is 6.32. The Morgan fingerprint density at radius 3 is 2.65 bits per heavy atom. The lowest BCUT2D eigenvalue weighted by molar-refractivity contribution is 0.102. The molecule has 3 N–H and O–H groups in total. The zero-order valence-corrected chi connectivity index (χ0v) is 21.3. The van der Waals surface area contributed by atoms with Crippen molar-refractivity contribution in [2.45, 2.75) is 40.5 Å². The Morgan fingerprint density at radius 2 is 1.92 bits per heavy atom. The second-order valence-corrected chi connectivity index (χ2v) is 8.94. The number of carbonyl (C=O) groups excluding carboxylic acids is 1. The molecule has 1 amide bonds. The third-order valence-electron chi connectivity index (χ3n) is 6.36. The highest BCUT2D eigenvalue weighted by Crippen LogP contribution is 2.28. The molecule has 5 rings (SSSR count). The van der Waals surface area contributed by atoms with Crippen molar-refractivity contribution in [2.75, 3.05) is 12.4 Å². The second kappa shape index (κ2) is 9.60. The molecule has 0 aliphatic rings. The summed E-state index contributed by atoms with van der Waals surface area (Å²) in [5.74, 6) is 0.633. The number of aliphatic hydroxyl groups excluding tert-OH is 1. The van der Waals surface area contributed by atoms with Gasteiger partial charge in [0, 0.05) is 41.2 Å². The van der Waals surface area contributed by atoms with E-state index in [0.717, 1.165) is 33.6 Å². The van der Waals surface area contributed by atoms with Crippen molar-refractivity contribution in [2.24, 2.45) is 0 Å². The summed E-state index contributed by atoms with van der Waals surface area (Å²) in [5, 5.41) is 24.4. The first kappa shape index (κ1) is 24.3. The van der Waals surface area contributed by atoms with E-state index in [0.29, 0.717) is 35.3 Å². The second-order valence-electron chi connectivity index (χ2n) is 8.94. The standard InChI is InChI=1S/C26H28N8O3/c1-14-6-7-18(25-29-17(4)37-32-25)10-20(14)30-26(36)21-11-28-22-9-8-19(12-33(21)22)24-15(2)31-34(16(24)3)13-23(35)27-5/h6-12,23,27,35H,13H2,1-5H3,(H,30,36). The van der Waals surface area contributed by atoms with Gasteiger partial charge in [-0.15, -0.1) is 0 Å². The fourth-order valence-corrected chi connectivity index (χ4v) is 4.34. The van der Waals surface area contributed by atoms with Gasteiger partial charge in [-0.05, 0) is 51.6 Å². The Labute approximate surface area is 213 Å². The molecule has 0 spiro atoms. The molecule has 4 heterocycles. The lowest BCUT2D eigenvalue weighted by Crippen LogP contribution is -2.30. The van der Waals surface area contributed by atoms with Crippen LogP contribution in [0.25, 0.3) is 28.2 Å². The Balaban J connectivity index is 1.47. The molecule has 0 radical (unpaired) electrons. The molecule has 37 heavy (non-hydrogen) atoms. The van der Waals surface area contributed by atoms with Crippen LogP contribution < -0.4 is 10.6 Å². The number of hydrogen-bond acceptors (Lipinski definition) is 8. The van der Waals surface area contributed by atoms with Crippen LogP contribution in [-0.4, -0.2) is 53.6 Å². The van der Waals surface area contributed by atoms with Crippen molar-refractivity contribution < 1.29 is 14.4 Å². The molecule has 11 heteroatoms. The monoisotopic (exact) mass is 500 g/mol. The summed E-state index contributed by atoms with van der Waals surface area (Å²) in [6.45, 7) is 7.86. The SMILES string of the molecule is CNC(O)Cn1nc(C)c(-c2ccc3ncc(C(=O)Nc4cc(-c5noc(C)n5)ccc4C)n3c2)c1C. The number of aliphatic hydroxyl groups is 1. The van der Waals surface area contributed by atoms with Crippen LogP contribution >= 0.6 is 0 Å². The summed E-state index contributed by atoms with van der Waals surface area (Å²) < 4.78 is 8.63. The minimum atomic E-state index is -0.705. The average Bonchev–Trinajstić information content (AvgIpc) is 3.57. The number of carbonyl (C=O) groups is 1. The van der Waals surface area contributed by atoms with Crippen molar-refractivity contribution in [3.8, 4) is 22.5 Å². The molecule has 190 valence electrons. The molecule has 0 saturated carbocycles. The molecule has 1 unspecified atom stereocenters. The molecular weight excluding hydrogens is 472 g/mol. The van der Waals surface area contributed by atoms with E-state index in [4.69, 9.17) is 4.52 Å². The maximum Gasteiger partial charge on any atom is 0.274 e. The maximum absolute atomic E-state index is 13.4. The molecule has 0 aliphatic carbocycles. The van der Waals surface area contributed by atoms with Crippen LogP contribution in [0, 0.1) is 27.7 Å². The van der Waals surface area contributed by atoms with Gasteiger partial charge in [0.2, 0.25) is 11.7 Å². The number of nitrogens with zero attached hydrogens (tertiary/aromatic N) is 6. The first-order valence-corrected chi connectivity index (χ1v) is 11.8. The van der Waals surface area contributed by atoms with E-state index >= 15 is 0 Å². The zero-order chi connectivity index (χ0) is 26.3. The molecular formula is C26H28N8O3. The van der Waals surface area contributed by atoms with Gasteiger partial charge in [0.15, 0.2) is 0 Å². The smallest absolute Gasteiger partial charge is 0.274 e. The van der Waals surface area contributed by atoms with Crippen molar-refractivity contribution in [3.63, 3.8) is 0 Å². The number of anilines is 1. The molecule has 0 fully saturated rings. The average molecular weight is 501 g/mol. The van der Waals surface area contributed by atoms with Crippen LogP contribution in [0.15, 0.2) is 47.2 Å². The van der Waals surface area contributed by atoms with Gasteiger partial charge in [-0.1, -0.05) is 17.3 Å². The topological polar surface area (TPSA) is 135 Å². The van der Waals surface area contributed by atoms with E-state index < -0.39 is 6.23 Å². The van der Waals surface area contributed by atoms with E-state index in [2.05, 4.69) is 30.9 Å². The number of fused-ring (bicyclic) bond motifs is 1. The third kappa shape index (κ3) is 4.61. The van der Waals surface area contributed by atoms with Crippen molar-refractivity contribution in [3.05, 3.63) is 71.3 Å².